The molecule has 0 aliphatic rings. The van der Waals surface area contributed by atoms with E-state index in [0.717, 1.165) is 77.0 Å². The summed E-state index contributed by atoms with van der Waals surface area (Å²) in [5, 5.41) is 23.2. The van der Waals surface area contributed by atoms with Crippen LogP contribution in [-0.4, -0.2) is 47.4 Å². The second kappa shape index (κ2) is 52.2. The van der Waals surface area contributed by atoms with Crippen molar-refractivity contribution >= 4 is 11.9 Å². The van der Waals surface area contributed by atoms with Crippen LogP contribution in [0.25, 0.3) is 0 Å². The molecule has 0 saturated carbocycles. The van der Waals surface area contributed by atoms with Crippen molar-refractivity contribution < 1.29 is 24.5 Å². The Morgan fingerprint density at radius 1 is 0.435 bits per heavy atom. The van der Waals surface area contributed by atoms with Crippen LogP contribution < -0.4 is 5.32 Å². The van der Waals surface area contributed by atoms with Crippen LogP contribution in [0.4, 0.5) is 0 Å². The summed E-state index contributed by atoms with van der Waals surface area (Å²) in [6, 6.07) is -0.561. The quantitative estimate of drug-likeness (QED) is 0.0321. The maximum absolute atomic E-state index is 12.5. The third-order valence-electron chi connectivity index (χ3n) is 13.1. The molecule has 0 fully saturated rings. The van der Waals surface area contributed by atoms with E-state index in [0.29, 0.717) is 25.9 Å². The third-order valence-corrected chi connectivity index (χ3v) is 13.1. The molecule has 2 unspecified atom stereocenters. The van der Waals surface area contributed by atoms with Crippen molar-refractivity contribution in [2.24, 2.45) is 0 Å². The number of rotatable bonds is 52. The molecule has 62 heavy (non-hydrogen) atoms. The first kappa shape index (κ1) is 60.6. The van der Waals surface area contributed by atoms with Crippen molar-refractivity contribution in [3.8, 4) is 0 Å². The van der Waals surface area contributed by atoms with Gasteiger partial charge in [0.15, 0.2) is 0 Å². The Balaban J connectivity index is 3.48. The molecule has 0 bridgehead atoms. The van der Waals surface area contributed by atoms with Crippen molar-refractivity contribution in [2.45, 2.75) is 321 Å². The largest absolute Gasteiger partial charge is 0.466 e. The molecule has 6 heteroatoms. The molecule has 1 amide bonds. The van der Waals surface area contributed by atoms with E-state index in [2.05, 4.69) is 31.3 Å². The first-order chi connectivity index (χ1) is 30.5. The number of hydrogen-bond donors (Lipinski definition) is 3. The minimum atomic E-state index is -0.681. The Kier molecular flexibility index (Phi) is 51.0. The number of aliphatic hydroxyl groups is 2. The van der Waals surface area contributed by atoms with Gasteiger partial charge in [-0.3, -0.25) is 9.59 Å². The smallest absolute Gasteiger partial charge is 0.305 e. The predicted molar refractivity (Wildman–Crippen MR) is 269 cm³/mol. The monoisotopic (exact) mass is 876 g/mol. The summed E-state index contributed by atoms with van der Waals surface area (Å²) in [6.45, 7) is 4.90. The van der Waals surface area contributed by atoms with Crippen LogP contribution in [0.2, 0.25) is 0 Å². The third kappa shape index (κ3) is 48.1. The normalized spacial score (nSPS) is 12.6. The highest BCUT2D eigenvalue weighted by molar-refractivity contribution is 5.76. The number of carbonyl (C=O) groups is 2. The van der Waals surface area contributed by atoms with Crippen LogP contribution in [0.1, 0.15) is 309 Å². The average Bonchev–Trinajstić information content (AvgIpc) is 3.27. The Morgan fingerprint density at radius 3 is 1.15 bits per heavy atom. The summed E-state index contributed by atoms with van der Waals surface area (Å²) in [5.41, 5.74) is 0. The highest BCUT2D eigenvalue weighted by atomic mass is 16.5. The standard InChI is InChI=1S/C56H109NO5/c1-3-5-7-9-11-13-15-17-19-21-22-24-26-30-34-38-42-46-50-56(61)62-51-47-43-39-35-31-27-29-33-37-41-45-49-55(60)57-53(52-58)54(59)48-44-40-36-32-28-25-23-20-18-16-14-12-10-8-6-4-2/h31,35,53-54,58-59H,3-30,32-34,36-52H2,1-2H3,(H,57,60)/b35-31-. The summed E-state index contributed by atoms with van der Waals surface area (Å²) in [7, 11) is 0. The molecule has 0 saturated heterocycles. The Labute approximate surface area is 387 Å². The van der Waals surface area contributed by atoms with E-state index in [9.17, 15) is 19.8 Å². The number of nitrogens with one attached hydrogen (secondary N) is 1. The molecule has 0 aromatic heterocycles. The van der Waals surface area contributed by atoms with E-state index in [1.54, 1.807) is 0 Å². The molecule has 3 N–H and O–H groups in total. The average molecular weight is 876 g/mol. The van der Waals surface area contributed by atoms with Crippen LogP contribution in [0.3, 0.4) is 0 Å². The number of amides is 1. The highest BCUT2D eigenvalue weighted by Gasteiger charge is 2.20. The van der Waals surface area contributed by atoms with Gasteiger partial charge in [0.25, 0.3) is 0 Å². The fraction of sp³-hybridized carbons (Fsp3) is 0.929. The zero-order chi connectivity index (χ0) is 45.1. The van der Waals surface area contributed by atoms with Gasteiger partial charge in [-0.2, -0.15) is 0 Å². The van der Waals surface area contributed by atoms with Gasteiger partial charge in [0.1, 0.15) is 0 Å². The first-order valence-electron chi connectivity index (χ1n) is 27.9. The predicted octanol–water partition coefficient (Wildman–Crippen LogP) is 16.9. The van der Waals surface area contributed by atoms with Crippen molar-refractivity contribution in [3.63, 3.8) is 0 Å². The molecule has 0 aliphatic heterocycles. The van der Waals surface area contributed by atoms with Gasteiger partial charge in [0.05, 0.1) is 25.4 Å². The van der Waals surface area contributed by atoms with Crippen molar-refractivity contribution in [2.75, 3.05) is 13.2 Å². The molecule has 0 aromatic rings. The van der Waals surface area contributed by atoms with Crippen molar-refractivity contribution in [1.82, 2.24) is 5.32 Å². The molecule has 0 spiro atoms. The first-order valence-corrected chi connectivity index (χ1v) is 27.9. The Hall–Kier alpha value is -1.40. The van der Waals surface area contributed by atoms with E-state index in [-0.39, 0.29) is 18.5 Å². The fourth-order valence-electron chi connectivity index (χ4n) is 8.75. The Morgan fingerprint density at radius 2 is 0.758 bits per heavy atom. The summed E-state index contributed by atoms with van der Waals surface area (Å²) < 4.78 is 5.46. The van der Waals surface area contributed by atoms with E-state index < -0.39 is 12.1 Å². The molecule has 368 valence electrons. The zero-order valence-corrected chi connectivity index (χ0v) is 41.9. The van der Waals surface area contributed by atoms with Crippen molar-refractivity contribution in [1.29, 1.82) is 0 Å². The minimum Gasteiger partial charge on any atom is -0.466 e. The maximum atomic E-state index is 12.5. The lowest BCUT2D eigenvalue weighted by molar-refractivity contribution is -0.143. The minimum absolute atomic E-state index is 0.0262. The van der Waals surface area contributed by atoms with Gasteiger partial charge in [-0.15, -0.1) is 0 Å². The van der Waals surface area contributed by atoms with Gasteiger partial charge < -0.3 is 20.3 Å². The SMILES string of the molecule is CCCCCCCCCCCCCCCCCCCCC(=O)OCCCC/C=C\CCCCCCCC(=O)NC(CO)C(O)CCCCCCCCCCCCCCCCCC. The van der Waals surface area contributed by atoms with E-state index in [4.69, 9.17) is 4.74 Å². The molecular weight excluding hydrogens is 767 g/mol. The second-order valence-corrected chi connectivity index (χ2v) is 19.3. The molecule has 6 nitrogen and oxygen atoms in total. The molecule has 0 rings (SSSR count). The van der Waals surface area contributed by atoms with Crippen LogP contribution in [0.5, 0.6) is 0 Å². The summed E-state index contributed by atoms with van der Waals surface area (Å²) in [5.74, 6) is -0.0878. The highest BCUT2D eigenvalue weighted by Crippen LogP contribution is 2.17. The Bertz CT molecular complexity index is 924. The lowest BCUT2D eigenvalue weighted by Gasteiger charge is -2.22. The van der Waals surface area contributed by atoms with Gasteiger partial charge >= 0.3 is 5.97 Å². The maximum Gasteiger partial charge on any atom is 0.305 e. The summed E-state index contributed by atoms with van der Waals surface area (Å²) in [6.07, 6.45) is 60.5. The van der Waals surface area contributed by atoms with Crippen LogP contribution in [0.15, 0.2) is 12.2 Å². The van der Waals surface area contributed by atoms with E-state index in [1.807, 2.05) is 0 Å². The van der Waals surface area contributed by atoms with Gasteiger partial charge in [-0.1, -0.05) is 257 Å². The van der Waals surface area contributed by atoms with Crippen LogP contribution >= 0.6 is 0 Å². The number of allylic oxidation sites excluding steroid dienone is 2. The second-order valence-electron chi connectivity index (χ2n) is 19.3. The fourth-order valence-corrected chi connectivity index (χ4v) is 8.75. The molecule has 2 atom stereocenters. The molecular formula is C56H109NO5. The molecule has 0 aliphatic carbocycles. The summed E-state index contributed by atoms with van der Waals surface area (Å²) in [4.78, 5) is 24.5. The zero-order valence-electron chi connectivity index (χ0n) is 41.9. The number of esters is 1. The molecule has 0 aromatic carbocycles. The van der Waals surface area contributed by atoms with Gasteiger partial charge in [0.2, 0.25) is 5.91 Å². The number of aliphatic hydroxyl groups excluding tert-OH is 2. The van der Waals surface area contributed by atoms with Gasteiger partial charge in [-0.25, -0.2) is 0 Å². The van der Waals surface area contributed by atoms with Crippen LogP contribution in [0, 0.1) is 0 Å². The molecule has 0 radical (unpaired) electrons. The van der Waals surface area contributed by atoms with Gasteiger partial charge in [0, 0.05) is 12.8 Å². The van der Waals surface area contributed by atoms with Gasteiger partial charge in [-0.05, 0) is 51.4 Å². The lowest BCUT2D eigenvalue weighted by Crippen LogP contribution is -2.45. The topological polar surface area (TPSA) is 95.9 Å². The van der Waals surface area contributed by atoms with E-state index in [1.165, 1.54) is 199 Å². The number of unbranched alkanes of at least 4 members (excludes halogenated alkanes) is 39. The number of hydrogen-bond acceptors (Lipinski definition) is 5. The molecule has 0 heterocycles. The number of carbonyl (C=O) groups excluding carboxylic acids is 2. The van der Waals surface area contributed by atoms with Crippen molar-refractivity contribution in [3.05, 3.63) is 12.2 Å². The number of ether oxygens (including phenoxy) is 1. The lowest BCUT2D eigenvalue weighted by atomic mass is 10.0. The van der Waals surface area contributed by atoms with E-state index >= 15 is 0 Å². The summed E-state index contributed by atoms with van der Waals surface area (Å²) >= 11 is 0. The van der Waals surface area contributed by atoms with Crippen LogP contribution in [-0.2, 0) is 14.3 Å².